The van der Waals surface area contributed by atoms with Crippen LogP contribution >= 0.6 is 0 Å². The number of carbonyl (C=O) groups excluding carboxylic acids is 1. The number of aryl methyl sites for hydroxylation is 1. The zero-order chi connectivity index (χ0) is 23.9. The van der Waals surface area contributed by atoms with Crippen molar-refractivity contribution in [3.05, 3.63) is 64.1 Å². The van der Waals surface area contributed by atoms with Crippen LogP contribution in [0.15, 0.2) is 47.4 Å². The van der Waals surface area contributed by atoms with E-state index in [1.165, 1.54) is 5.56 Å². The molecule has 0 aliphatic carbocycles. The van der Waals surface area contributed by atoms with Gasteiger partial charge in [-0.05, 0) is 50.8 Å². The van der Waals surface area contributed by atoms with Crippen molar-refractivity contribution in [3.8, 4) is 0 Å². The van der Waals surface area contributed by atoms with Gasteiger partial charge in [-0.15, -0.1) is 0 Å². The molecule has 1 amide bonds. The van der Waals surface area contributed by atoms with Crippen LogP contribution in [-0.2, 0) is 16.1 Å². The molecule has 0 radical (unpaired) electrons. The maximum absolute atomic E-state index is 13.6. The summed E-state index contributed by atoms with van der Waals surface area (Å²) in [6.45, 7) is 7.52. The van der Waals surface area contributed by atoms with Gasteiger partial charge in [0.1, 0.15) is 5.52 Å². The summed E-state index contributed by atoms with van der Waals surface area (Å²) < 4.78 is 7.03. The molecule has 3 heterocycles. The van der Waals surface area contributed by atoms with Crippen LogP contribution in [0, 0.1) is 12.8 Å². The largest absolute Gasteiger partial charge is 0.382 e. The SMILES string of the molecule is CCOCCCNC(=O)C1CCCN(c2nc3cccnc3n(Cc3ccc(C)cc3)c2=O)C1. The van der Waals surface area contributed by atoms with Crippen LogP contribution in [-0.4, -0.2) is 53.3 Å². The highest BCUT2D eigenvalue weighted by Gasteiger charge is 2.28. The van der Waals surface area contributed by atoms with Crippen molar-refractivity contribution in [1.82, 2.24) is 19.9 Å². The number of ether oxygens (including phenoxy) is 1. The lowest BCUT2D eigenvalue weighted by Crippen LogP contribution is -2.46. The van der Waals surface area contributed by atoms with Crippen molar-refractivity contribution in [1.29, 1.82) is 0 Å². The molecule has 0 saturated carbocycles. The van der Waals surface area contributed by atoms with E-state index >= 15 is 0 Å². The Morgan fingerprint density at radius 3 is 2.85 bits per heavy atom. The van der Waals surface area contributed by atoms with E-state index in [1.807, 2.05) is 55.1 Å². The second-order valence-electron chi connectivity index (χ2n) is 8.79. The topological polar surface area (TPSA) is 89.3 Å². The van der Waals surface area contributed by atoms with E-state index in [4.69, 9.17) is 4.74 Å². The molecule has 1 atom stereocenters. The monoisotopic (exact) mass is 463 g/mol. The molecule has 2 aromatic heterocycles. The van der Waals surface area contributed by atoms with Crippen molar-refractivity contribution < 1.29 is 9.53 Å². The summed E-state index contributed by atoms with van der Waals surface area (Å²) in [6, 6.07) is 11.9. The van der Waals surface area contributed by atoms with E-state index in [2.05, 4.69) is 15.3 Å². The minimum Gasteiger partial charge on any atom is -0.382 e. The number of anilines is 1. The van der Waals surface area contributed by atoms with E-state index in [1.54, 1.807) is 10.8 Å². The van der Waals surface area contributed by atoms with Gasteiger partial charge in [0.15, 0.2) is 11.5 Å². The number of carbonyl (C=O) groups is 1. The zero-order valence-electron chi connectivity index (χ0n) is 20.0. The molecule has 4 rings (SSSR count). The van der Waals surface area contributed by atoms with Gasteiger partial charge in [0.05, 0.1) is 12.5 Å². The van der Waals surface area contributed by atoms with Crippen LogP contribution in [0.1, 0.15) is 37.3 Å². The molecule has 1 aromatic carbocycles. The number of nitrogens with one attached hydrogen (secondary N) is 1. The summed E-state index contributed by atoms with van der Waals surface area (Å²) in [7, 11) is 0. The number of pyridine rings is 1. The van der Waals surface area contributed by atoms with Gasteiger partial charge in [-0.1, -0.05) is 29.8 Å². The van der Waals surface area contributed by atoms with Gasteiger partial charge >= 0.3 is 0 Å². The minimum atomic E-state index is -0.176. The Kier molecular flexibility index (Phi) is 7.90. The fourth-order valence-electron chi connectivity index (χ4n) is 4.35. The lowest BCUT2D eigenvalue weighted by molar-refractivity contribution is -0.125. The molecule has 1 aliphatic rings. The van der Waals surface area contributed by atoms with Gasteiger partial charge in [0.25, 0.3) is 5.56 Å². The number of benzene rings is 1. The minimum absolute atomic E-state index is 0.0311. The Morgan fingerprint density at radius 2 is 2.06 bits per heavy atom. The maximum atomic E-state index is 13.6. The summed E-state index contributed by atoms with van der Waals surface area (Å²) in [4.78, 5) is 37.5. The van der Waals surface area contributed by atoms with E-state index in [0.29, 0.717) is 56.4 Å². The van der Waals surface area contributed by atoms with Crippen LogP contribution in [0.25, 0.3) is 11.2 Å². The Hall–Kier alpha value is -3.26. The molecular weight excluding hydrogens is 430 g/mol. The van der Waals surface area contributed by atoms with Crippen molar-refractivity contribution in [2.24, 2.45) is 5.92 Å². The number of nitrogens with zero attached hydrogens (tertiary/aromatic N) is 4. The zero-order valence-corrected chi connectivity index (χ0v) is 20.0. The van der Waals surface area contributed by atoms with Crippen molar-refractivity contribution >= 4 is 22.9 Å². The molecule has 180 valence electrons. The van der Waals surface area contributed by atoms with Crippen molar-refractivity contribution in [2.45, 2.75) is 39.7 Å². The average Bonchev–Trinajstić information content (AvgIpc) is 2.86. The molecule has 8 heteroatoms. The molecule has 1 fully saturated rings. The highest BCUT2D eigenvalue weighted by Crippen LogP contribution is 2.22. The average molecular weight is 464 g/mol. The Labute approximate surface area is 200 Å². The molecular formula is C26H33N5O3. The Morgan fingerprint density at radius 1 is 1.24 bits per heavy atom. The van der Waals surface area contributed by atoms with Gasteiger partial charge < -0.3 is 15.0 Å². The molecule has 34 heavy (non-hydrogen) atoms. The van der Waals surface area contributed by atoms with E-state index < -0.39 is 0 Å². The predicted octanol–water partition coefficient (Wildman–Crippen LogP) is 2.91. The van der Waals surface area contributed by atoms with E-state index in [9.17, 15) is 9.59 Å². The molecule has 1 unspecified atom stereocenters. The molecule has 3 aromatic rings. The second-order valence-corrected chi connectivity index (χ2v) is 8.79. The number of fused-ring (bicyclic) bond motifs is 1. The number of piperidine rings is 1. The lowest BCUT2D eigenvalue weighted by atomic mass is 9.97. The molecule has 1 N–H and O–H groups in total. The number of rotatable bonds is 9. The summed E-state index contributed by atoms with van der Waals surface area (Å²) in [5.41, 5.74) is 3.26. The number of hydrogen-bond donors (Lipinski definition) is 1. The third kappa shape index (κ3) is 5.62. The van der Waals surface area contributed by atoms with Crippen LogP contribution in [0.3, 0.4) is 0 Å². The van der Waals surface area contributed by atoms with Gasteiger partial charge in [0, 0.05) is 39.0 Å². The normalized spacial score (nSPS) is 16.1. The van der Waals surface area contributed by atoms with Crippen molar-refractivity contribution in [3.63, 3.8) is 0 Å². The first-order valence-electron chi connectivity index (χ1n) is 12.1. The van der Waals surface area contributed by atoms with Crippen LogP contribution in [0.4, 0.5) is 5.82 Å². The first kappa shape index (κ1) is 23.9. The lowest BCUT2D eigenvalue weighted by Gasteiger charge is -2.32. The van der Waals surface area contributed by atoms with Crippen LogP contribution in [0.5, 0.6) is 0 Å². The standard InChI is InChI=1S/C26H33N5O3/c1-3-34-16-6-14-28-25(32)21-7-5-15-30(18-21)24-26(33)31(17-20-11-9-19(2)10-12-20)23-22(29-24)8-4-13-27-23/h4,8-13,21H,3,5-7,14-18H2,1-2H3,(H,28,32). The third-order valence-electron chi connectivity index (χ3n) is 6.21. The summed E-state index contributed by atoms with van der Waals surface area (Å²) in [5.74, 6) is 0.252. The van der Waals surface area contributed by atoms with Gasteiger partial charge in [-0.3, -0.25) is 14.2 Å². The first-order valence-corrected chi connectivity index (χ1v) is 12.1. The Bertz CT molecular complexity index is 1180. The summed E-state index contributed by atoms with van der Waals surface area (Å²) in [6.07, 6.45) is 4.11. The fourth-order valence-corrected chi connectivity index (χ4v) is 4.35. The van der Waals surface area contributed by atoms with E-state index in [0.717, 1.165) is 24.8 Å². The molecule has 1 saturated heterocycles. The maximum Gasteiger partial charge on any atom is 0.295 e. The van der Waals surface area contributed by atoms with Gasteiger partial charge in [0.2, 0.25) is 5.91 Å². The summed E-state index contributed by atoms with van der Waals surface area (Å²) in [5, 5.41) is 3.02. The number of amides is 1. The highest BCUT2D eigenvalue weighted by molar-refractivity contribution is 5.79. The molecule has 1 aliphatic heterocycles. The van der Waals surface area contributed by atoms with Crippen LogP contribution in [0.2, 0.25) is 0 Å². The van der Waals surface area contributed by atoms with Crippen molar-refractivity contribution in [2.75, 3.05) is 37.7 Å². The third-order valence-corrected chi connectivity index (χ3v) is 6.21. The van der Waals surface area contributed by atoms with Gasteiger partial charge in [-0.25, -0.2) is 9.97 Å². The second kappa shape index (κ2) is 11.2. The number of aromatic nitrogens is 3. The Balaban J connectivity index is 1.56. The highest BCUT2D eigenvalue weighted by atomic mass is 16.5. The molecule has 8 nitrogen and oxygen atoms in total. The number of hydrogen-bond acceptors (Lipinski definition) is 6. The predicted molar refractivity (Wildman–Crippen MR) is 133 cm³/mol. The molecule has 0 bridgehead atoms. The van der Waals surface area contributed by atoms with E-state index in [-0.39, 0.29) is 17.4 Å². The summed E-state index contributed by atoms with van der Waals surface area (Å²) >= 11 is 0. The quantitative estimate of drug-likeness (QED) is 0.491. The fraction of sp³-hybridized carbons (Fsp3) is 0.462. The molecule has 0 spiro atoms. The first-order chi connectivity index (χ1) is 16.6. The smallest absolute Gasteiger partial charge is 0.295 e. The van der Waals surface area contributed by atoms with Gasteiger partial charge in [-0.2, -0.15) is 0 Å². The van der Waals surface area contributed by atoms with Crippen LogP contribution < -0.4 is 15.8 Å².